The quantitative estimate of drug-likeness (QED) is 0.635. The van der Waals surface area contributed by atoms with E-state index in [9.17, 15) is 14.7 Å². The second-order valence-electron chi connectivity index (χ2n) is 6.20. The fourth-order valence-electron chi connectivity index (χ4n) is 2.26. The van der Waals surface area contributed by atoms with E-state index in [1.807, 2.05) is 6.08 Å². The topological polar surface area (TPSA) is 76.1 Å². The monoisotopic (exact) mass is 311 g/mol. The lowest BCUT2D eigenvalue weighted by atomic mass is 9.98. The Morgan fingerprint density at radius 3 is 2.64 bits per heavy atom. The van der Waals surface area contributed by atoms with Crippen LogP contribution in [-0.2, 0) is 14.3 Å². The average Bonchev–Trinajstić information content (AvgIpc) is 2.44. The summed E-state index contributed by atoms with van der Waals surface area (Å²) in [6.45, 7) is 8.79. The minimum atomic E-state index is -0.781. The van der Waals surface area contributed by atoms with Crippen molar-refractivity contribution in [1.29, 1.82) is 0 Å². The van der Waals surface area contributed by atoms with Crippen molar-refractivity contribution < 1.29 is 24.2 Å². The molecule has 1 aliphatic rings. The highest BCUT2D eigenvalue weighted by molar-refractivity contribution is 5.82. The van der Waals surface area contributed by atoms with Crippen LogP contribution < -0.4 is 0 Å². The van der Waals surface area contributed by atoms with Crippen molar-refractivity contribution in [2.45, 2.75) is 57.4 Å². The zero-order chi connectivity index (χ0) is 16.9. The van der Waals surface area contributed by atoms with E-state index >= 15 is 0 Å². The summed E-state index contributed by atoms with van der Waals surface area (Å²) in [5.74, 6) is -0.506. The number of hydrogen-bond acceptors (Lipinski definition) is 5. The molecule has 1 heterocycles. The molecule has 1 aliphatic heterocycles. The van der Waals surface area contributed by atoms with Crippen LogP contribution in [0.4, 0.5) is 4.79 Å². The summed E-state index contributed by atoms with van der Waals surface area (Å²) in [6.07, 6.45) is 4.20. The van der Waals surface area contributed by atoms with Crippen molar-refractivity contribution >= 4 is 12.1 Å². The smallest absolute Gasteiger partial charge is 0.411 e. The third kappa shape index (κ3) is 4.87. The van der Waals surface area contributed by atoms with Gasteiger partial charge in [0.15, 0.2) is 0 Å². The largest absolute Gasteiger partial charge is 0.467 e. The molecule has 1 rings (SSSR count). The van der Waals surface area contributed by atoms with Crippen molar-refractivity contribution in [1.82, 2.24) is 4.90 Å². The Morgan fingerprint density at radius 2 is 2.14 bits per heavy atom. The average molecular weight is 311 g/mol. The first-order chi connectivity index (χ1) is 10.2. The molecule has 0 bridgehead atoms. The molecule has 0 aromatic heterocycles. The second kappa shape index (κ2) is 7.45. The van der Waals surface area contributed by atoms with Crippen LogP contribution in [0.25, 0.3) is 0 Å². The Bertz CT molecular complexity index is 452. The van der Waals surface area contributed by atoms with Crippen LogP contribution in [0.15, 0.2) is 24.8 Å². The minimum absolute atomic E-state index is 0.243. The maximum absolute atomic E-state index is 12.5. The van der Waals surface area contributed by atoms with Gasteiger partial charge in [0, 0.05) is 6.42 Å². The predicted molar refractivity (Wildman–Crippen MR) is 82.2 cm³/mol. The summed E-state index contributed by atoms with van der Waals surface area (Å²) < 4.78 is 10.2. The molecule has 0 saturated heterocycles. The van der Waals surface area contributed by atoms with E-state index in [2.05, 4.69) is 6.58 Å². The van der Waals surface area contributed by atoms with Gasteiger partial charge in [-0.2, -0.15) is 0 Å². The molecule has 124 valence electrons. The number of aliphatic hydroxyl groups is 1. The van der Waals surface area contributed by atoms with Crippen LogP contribution in [0, 0.1) is 0 Å². The normalized spacial score (nSPS) is 22.9. The Balaban J connectivity index is 3.05. The van der Waals surface area contributed by atoms with E-state index in [1.54, 1.807) is 26.8 Å². The molecule has 0 saturated carbocycles. The van der Waals surface area contributed by atoms with Gasteiger partial charge in [0.1, 0.15) is 11.6 Å². The summed E-state index contributed by atoms with van der Waals surface area (Å²) in [5, 5.41) is 9.78. The molecule has 0 aromatic carbocycles. The summed E-state index contributed by atoms with van der Waals surface area (Å²) in [7, 11) is 1.28. The lowest BCUT2D eigenvalue weighted by Crippen LogP contribution is -2.54. The van der Waals surface area contributed by atoms with Crippen LogP contribution in [-0.4, -0.2) is 53.0 Å². The fraction of sp³-hybridized carbons (Fsp3) is 0.625. The molecule has 1 N–H and O–H groups in total. The molecule has 0 aromatic rings. The number of amides is 1. The van der Waals surface area contributed by atoms with Gasteiger partial charge in [-0.1, -0.05) is 18.2 Å². The number of aliphatic hydroxyl groups excluding tert-OH is 1. The van der Waals surface area contributed by atoms with Crippen molar-refractivity contribution in [3.8, 4) is 0 Å². The van der Waals surface area contributed by atoms with E-state index in [-0.39, 0.29) is 6.42 Å². The summed E-state index contributed by atoms with van der Waals surface area (Å²) in [4.78, 5) is 25.8. The van der Waals surface area contributed by atoms with Crippen molar-refractivity contribution in [3.05, 3.63) is 24.8 Å². The second-order valence-corrected chi connectivity index (χ2v) is 6.20. The standard InChI is InChI=1S/C16H25NO5/c1-6-12(18)10-11-8-7-9-13(14(19)21-5)17(11)15(20)22-16(2,3)4/h6-8,11-13,18H,1,9-10H2,2-5H3/t11-,12-,13+/m0/s1. The lowest BCUT2D eigenvalue weighted by Gasteiger charge is -2.38. The van der Waals surface area contributed by atoms with Crippen LogP contribution >= 0.6 is 0 Å². The maximum atomic E-state index is 12.5. The molecular weight excluding hydrogens is 286 g/mol. The first kappa shape index (κ1) is 18.2. The van der Waals surface area contributed by atoms with Gasteiger partial charge in [0.05, 0.1) is 19.3 Å². The molecule has 1 amide bonds. The van der Waals surface area contributed by atoms with Gasteiger partial charge in [-0.25, -0.2) is 9.59 Å². The predicted octanol–water partition coefficient (Wildman–Crippen LogP) is 2.03. The van der Waals surface area contributed by atoms with Gasteiger partial charge in [0.2, 0.25) is 0 Å². The number of ether oxygens (including phenoxy) is 2. The van der Waals surface area contributed by atoms with Crippen LogP contribution in [0.2, 0.25) is 0 Å². The summed E-state index contributed by atoms with van der Waals surface area (Å²) in [6, 6.07) is -1.22. The fourth-order valence-corrected chi connectivity index (χ4v) is 2.26. The van der Waals surface area contributed by atoms with Gasteiger partial charge < -0.3 is 14.6 Å². The molecular formula is C16H25NO5. The van der Waals surface area contributed by atoms with Gasteiger partial charge in [0.25, 0.3) is 0 Å². The molecule has 6 heteroatoms. The molecule has 0 aliphatic carbocycles. The summed E-state index contributed by atoms with van der Waals surface area (Å²) in [5.41, 5.74) is -0.680. The molecule has 0 unspecified atom stereocenters. The molecule has 22 heavy (non-hydrogen) atoms. The first-order valence-electron chi connectivity index (χ1n) is 7.26. The number of methoxy groups -OCH3 is 1. The van der Waals surface area contributed by atoms with Crippen molar-refractivity contribution in [2.24, 2.45) is 0 Å². The van der Waals surface area contributed by atoms with Gasteiger partial charge in [-0.15, -0.1) is 6.58 Å². The number of carbonyl (C=O) groups excluding carboxylic acids is 2. The van der Waals surface area contributed by atoms with Crippen LogP contribution in [0.1, 0.15) is 33.6 Å². The van der Waals surface area contributed by atoms with Crippen LogP contribution in [0.5, 0.6) is 0 Å². The van der Waals surface area contributed by atoms with Gasteiger partial charge in [-0.3, -0.25) is 4.90 Å². The first-order valence-corrected chi connectivity index (χ1v) is 7.26. The van der Waals surface area contributed by atoms with Crippen molar-refractivity contribution in [2.75, 3.05) is 7.11 Å². The molecule has 0 radical (unpaired) electrons. The molecule has 3 atom stereocenters. The van der Waals surface area contributed by atoms with Gasteiger partial charge in [-0.05, 0) is 27.2 Å². The highest BCUT2D eigenvalue weighted by Gasteiger charge is 2.39. The Labute approximate surface area is 131 Å². The Kier molecular flexibility index (Phi) is 6.17. The van der Waals surface area contributed by atoms with Crippen molar-refractivity contribution in [3.63, 3.8) is 0 Å². The van der Waals surface area contributed by atoms with Gasteiger partial charge >= 0.3 is 12.1 Å². The number of nitrogens with zero attached hydrogens (tertiary/aromatic N) is 1. The number of carbonyl (C=O) groups is 2. The summed E-state index contributed by atoms with van der Waals surface area (Å²) >= 11 is 0. The zero-order valence-electron chi connectivity index (χ0n) is 13.6. The Hall–Kier alpha value is -1.82. The molecule has 6 nitrogen and oxygen atoms in total. The highest BCUT2D eigenvalue weighted by atomic mass is 16.6. The Morgan fingerprint density at radius 1 is 1.50 bits per heavy atom. The van der Waals surface area contributed by atoms with E-state index < -0.39 is 35.9 Å². The molecule has 0 fully saturated rings. The van der Waals surface area contributed by atoms with Crippen LogP contribution in [0.3, 0.4) is 0 Å². The maximum Gasteiger partial charge on any atom is 0.411 e. The highest BCUT2D eigenvalue weighted by Crippen LogP contribution is 2.24. The molecule has 0 spiro atoms. The van der Waals surface area contributed by atoms with E-state index in [0.717, 1.165) is 0 Å². The zero-order valence-corrected chi connectivity index (χ0v) is 13.6. The lowest BCUT2D eigenvalue weighted by molar-refractivity contribution is -0.147. The number of esters is 1. The third-order valence-corrected chi connectivity index (χ3v) is 3.24. The van der Waals surface area contributed by atoms with E-state index in [1.165, 1.54) is 18.1 Å². The third-order valence-electron chi connectivity index (χ3n) is 3.24. The number of hydrogen-bond donors (Lipinski definition) is 1. The minimum Gasteiger partial charge on any atom is -0.467 e. The SMILES string of the molecule is C=C[C@H](O)C[C@@H]1C=CC[C@H](C(=O)OC)N1C(=O)OC(C)(C)C. The number of rotatable bonds is 4. The van der Waals surface area contributed by atoms with E-state index in [4.69, 9.17) is 9.47 Å². The van der Waals surface area contributed by atoms with E-state index in [0.29, 0.717) is 6.42 Å².